The first-order valence-electron chi connectivity index (χ1n) is 9.54. The van der Waals surface area contributed by atoms with Crippen molar-refractivity contribution in [3.63, 3.8) is 0 Å². The van der Waals surface area contributed by atoms with Gasteiger partial charge in [-0.1, -0.05) is 23.9 Å². The first-order chi connectivity index (χ1) is 14.9. The average Bonchev–Trinajstić information content (AvgIpc) is 3.20. The number of morpholine rings is 1. The fraction of sp³-hybridized carbons (Fsp3) is 0.300. The molecule has 8 nitrogen and oxygen atoms in total. The van der Waals surface area contributed by atoms with Crippen molar-refractivity contribution in [1.29, 1.82) is 0 Å². The van der Waals surface area contributed by atoms with Crippen LogP contribution in [0.3, 0.4) is 0 Å². The van der Waals surface area contributed by atoms with Crippen LogP contribution < -0.4 is 5.32 Å². The van der Waals surface area contributed by atoms with Crippen LogP contribution in [0.2, 0.25) is 0 Å². The molecule has 164 valence electrons. The van der Waals surface area contributed by atoms with Crippen molar-refractivity contribution in [3.8, 4) is 0 Å². The molecule has 0 unspecified atom stereocenters. The molecule has 31 heavy (non-hydrogen) atoms. The third-order valence-corrected chi connectivity index (χ3v) is 7.40. The molecule has 0 aliphatic carbocycles. The summed E-state index contributed by atoms with van der Waals surface area (Å²) in [5, 5.41) is 3.01. The number of oxazole rings is 1. The van der Waals surface area contributed by atoms with Crippen molar-refractivity contribution < 1.29 is 26.8 Å². The number of amides is 1. The maximum Gasteiger partial charge on any atom is 0.257 e. The zero-order chi connectivity index (χ0) is 21.8. The highest BCUT2D eigenvalue weighted by Crippen LogP contribution is 2.27. The summed E-state index contributed by atoms with van der Waals surface area (Å²) in [6.45, 7) is 1.65. The van der Waals surface area contributed by atoms with Crippen molar-refractivity contribution in [2.24, 2.45) is 0 Å². The fourth-order valence-electron chi connectivity index (χ4n) is 3.03. The normalized spacial score (nSPS) is 15.3. The lowest BCUT2D eigenvalue weighted by atomic mass is 10.2. The summed E-state index contributed by atoms with van der Waals surface area (Å²) < 4.78 is 50.7. The third-order valence-electron chi connectivity index (χ3n) is 4.68. The second-order valence-electron chi connectivity index (χ2n) is 6.82. The lowest BCUT2D eigenvalue weighted by Crippen LogP contribution is -2.40. The number of hydrogen-bond donors (Lipinski definition) is 1. The Kier molecular flexibility index (Phi) is 6.56. The van der Waals surface area contributed by atoms with E-state index in [1.54, 1.807) is 18.2 Å². The van der Waals surface area contributed by atoms with Crippen LogP contribution in [-0.4, -0.2) is 55.7 Å². The molecule has 2 aromatic carbocycles. The van der Waals surface area contributed by atoms with E-state index in [-0.39, 0.29) is 34.1 Å². The number of fused-ring (bicyclic) bond motifs is 1. The number of sulfonamides is 1. The highest BCUT2D eigenvalue weighted by atomic mass is 32.2. The van der Waals surface area contributed by atoms with E-state index in [0.717, 1.165) is 17.3 Å². The Morgan fingerprint density at radius 2 is 1.90 bits per heavy atom. The third kappa shape index (κ3) is 5.24. The predicted octanol–water partition coefficient (Wildman–Crippen LogP) is 2.40. The van der Waals surface area contributed by atoms with Gasteiger partial charge in [-0.15, -0.1) is 0 Å². The first kappa shape index (κ1) is 21.8. The van der Waals surface area contributed by atoms with Crippen LogP contribution in [0, 0.1) is 5.82 Å². The van der Waals surface area contributed by atoms with E-state index in [9.17, 15) is 17.6 Å². The Hall–Kier alpha value is -2.47. The van der Waals surface area contributed by atoms with Crippen molar-refractivity contribution in [2.75, 3.05) is 32.1 Å². The molecule has 1 N–H and O–H groups in total. The van der Waals surface area contributed by atoms with Gasteiger partial charge in [0.25, 0.3) is 5.22 Å². The van der Waals surface area contributed by atoms with Gasteiger partial charge in [-0.3, -0.25) is 4.79 Å². The summed E-state index contributed by atoms with van der Waals surface area (Å²) in [6.07, 6.45) is 0. The molecule has 1 fully saturated rings. The summed E-state index contributed by atoms with van der Waals surface area (Å²) in [6, 6.07) is 10.4. The maximum atomic E-state index is 12.9. The number of benzene rings is 2. The van der Waals surface area contributed by atoms with Crippen molar-refractivity contribution >= 4 is 38.8 Å². The first-order valence-corrected chi connectivity index (χ1v) is 12.0. The van der Waals surface area contributed by atoms with Gasteiger partial charge in [0.2, 0.25) is 15.9 Å². The fourth-order valence-corrected chi connectivity index (χ4v) is 5.12. The summed E-state index contributed by atoms with van der Waals surface area (Å²) in [4.78, 5) is 16.5. The molecule has 11 heteroatoms. The van der Waals surface area contributed by atoms with Crippen molar-refractivity contribution in [3.05, 3.63) is 53.8 Å². The Balaban J connectivity index is 1.37. The highest BCUT2D eigenvalue weighted by molar-refractivity contribution is 7.99. The van der Waals surface area contributed by atoms with Gasteiger partial charge in [-0.05, 0) is 35.9 Å². The minimum absolute atomic E-state index is 0.0763. The number of carbonyl (C=O) groups excluding carboxylic acids is 1. The van der Waals surface area contributed by atoms with Crippen LogP contribution in [0.5, 0.6) is 0 Å². The van der Waals surface area contributed by atoms with Gasteiger partial charge in [0.1, 0.15) is 11.3 Å². The summed E-state index contributed by atoms with van der Waals surface area (Å²) >= 11 is 1.11. The van der Waals surface area contributed by atoms with Crippen molar-refractivity contribution in [1.82, 2.24) is 14.6 Å². The molecule has 1 aromatic heterocycles. The number of aromatic nitrogens is 1. The van der Waals surface area contributed by atoms with E-state index in [2.05, 4.69) is 10.3 Å². The lowest BCUT2D eigenvalue weighted by molar-refractivity contribution is -0.118. The molecule has 2 heterocycles. The van der Waals surface area contributed by atoms with Gasteiger partial charge in [-0.25, -0.2) is 17.8 Å². The number of nitrogens with one attached hydrogen (secondary N) is 1. The molecular formula is C20H20FN3O5S2. The van der Waals surface area contributed by atoms with Gasteiger partial charge in [0, 0.05) is 19.6 Å². The van der Waals surface area contributed by atoms with E-state index in [1.165, 1.54) is 28.6 Å². The molecular weight excluding hydrogens is 445 g/mol. The van der Waals surface area contributed by atoms with Crippen LogP contribution in [0.4, 0.5) is 4.39 Å². The Morgan fingerprint density at radius 3 is 2.65 bits per heavy atom. The highest BCUT2D eigenvalue weighted by Gasteiger charge is 2.27. The minimum atomic E-state index is -3.63. The molecule has 0 spiro atoms. The molecule has 1 aliphatic heterocycles. The molecule has 0 saturated carbocycles. The standard InChI is InChI=1S/C20H20FN3O5S2/c21-15-3-1-14(2-4-15)12-22-19(25)13-30-20-23-17-11-16(5-6-18(17)29-20)31(26,27)24-7-9-28-10-8-24/h1-6,11H,7-10,12-13H2,(H,22,25). The molecule has 1 aliphatic rings. The zero-order valence-corrected chi connectivity index (χ0v) is 18.0. The van der Waals surface area contributed by atoms with Crippen LogP contribution >= 0.6 is 11.8 Å². The summed E-state index contributed by atoms with van der Waals surface area (Å²) in [7, 11) is -3.63. The zero-order valence-electron chi connectivity index (χ0n) is 16.4. The molecule has 1 amide bonds. The Labute approximate surface area is 182 Å². The number of carbonyl (C=O) groups is 1. The number of thioether (sulfide) groups is 1. The number of hydrogen-bond acceptors (Lipinski definition) is 7. The Bertz CT molecular complexity index is 1180. The average molecular weight is 466 g/mol. The molecule has 0 radical (unpaired) electrons. The van der Waals surface area contributed by atoms with E-state index in [0.29, 0.717) is 37.4 Å². The van der Waals surface area contributed by atoms with Gasteiger partial charge < -0.3 is 14.5 Å². The lowest BCUT2D eigenvalue weighted by Gasteiger charge is -2.25. The van der Waals surface area contributed by atoms with Crippen LogP contribution in [-0.2, 0) is 26.1 Å². The topological polar surface area (TPSA) is 102 Å². The second-order valence-corrected chi connectivity index (χ2v) is 9.68. The van der Waals surface area contributed by atoms with Gasteiger partial charge in [0.15, 0.2) is 5.58 Å². The van der Waals surface area contributed by atoms with E-state index < -0.39 is 10.0 Å². The molecule has 4 rings (SSSR count). The monoisotopic (exact) mass is 465 g/mol. The number of rotatable bonds is 7. The largest absolute Gasteiger partial charge is 0.431 e. The number of ether oxygens (including phenoxy) is 1. The van der Waals surface area contributed by atoms with Gasteiger partial charge in [-0.2, -0.15) is 4.31 Å². The van der Waals surface area contributed by atoms with Crippen LogP contribution in [0.25, 0.3) is 11.1 Å². The SMILES string of the molecule is O=C(CSc1nc2cc(S(=O)(=O)N3CCOCC3)ccc2o1)NCc1ccc(F)cc1. The second kappa shape index (κ2) is 9.35. The molecule has 0 bridgehead atoms. The number of halogens is 1. The van der Waals surface area contributed by atoms with Crippen LogP contribution in [0.1, 0.15) is 5.56 Å². The quantitative estimate of drug-likeness (QED) is 0.535. The molecule has 3 aromatic rings. The summed E-state index contributed by atoms with van der Waals surface area (Å²) in [5.74, 6) is -0.484. The smallest absolute Gasteiger partial charge is 0.257 e. The van der Waals surface area contributed by atoms with E-state index in [1.807, 2.05) is 0 Å². The maximum absolute atomic E-state index is 12.9. The summed E-state index contributed by atoms with van der Waals surface area (Å²) in [5.41, 5.74) is 1.63. The van der Waals surface area contributed by atoms with E-state index in [4.69, 9.17) is 9.15 Å². The van der Waals surface area contributed by atoms with Crippen molar-refractivity contribution in [2.45, 2.75) is 16.7 Å². The minimum Gasteiger partial charge on any atom is -0.431 e. The van der Waals surface area contributed by atoms with Gasteiger partial charge >= 0.3 is 0 Å². The van der Waals surface area contributed by atoms with Crippen LogP contribution in [0.15, 0.2) is 57.0 Å². The van der Waals surface area contributed by atoms with E-state index >= 15 is 0 Å². The Morgan fingerprint density at radius 1 is 1.16 bits per heavy atom. The number of nitrogens with zero attached hydrogens (tertiary/aromatic N) is 2. The molecule has 0 atom stereocenters. The van der Waals surface area contributed by atoms with Gasteiger partial charge in [0.05, 0.1) is 23.9 Å². The predicted molar refractivity (Wildman–Crippen MR) is 113 cm³/mol. The molecule has 1 saturated heterocycles.